The van der Waals surface area contributed by atoms with Crippen LogP contribution in [0.1, 0.15) is 26.3 Å². The molecule has 1 atom stereocenters. The number of amides is 1. The second-order valence-corrected chi connectivity index (χ2v) is 9.22. The van der Waals surface area contributed by atoms with E-state index in [0.29, 0.717) is 17.3 Å². The molecule has 4 rings (SSSR count). The molecule has 0 aliphatic carbocycles. The molecule has 3 aromatic carbocycles. The van der Waals surface area contributed by atoms with Crippen LogP contribution in [0.15, 0.2) is 77.2 Å². The van der Waals surface area contributed by atoms with Gasteiger partial charge in [-0.1, -0.05) is 24.3 Å². The van der Waals surface area contributed by atoms with Crippen LogP contribution in [0, 0.1) is 6.07 Å². The van der Waals surface area contributed by atoms with Crippen molar-refractivity contribution in [2.75, 3.05) is 0 Å². The number of hydrogen-bond acceptors (Lipinski definition) is 6. The molecular weight excluding hydrogens is 547 g/mol. The Morgan fingerprint density at radius 3 is 1.89 bits per heavy atom. The van der Waals surface area contributed by atoms with E-state index in [1.165, 1.54) is 0 Å². The molecular formula is C28H26N3O5Y-. The van der Waals surface area contributed by atoms with Gasteiger partial charge in [0.1, 0.15) is 11.6 Å². The summed E-state index contributed by atoms with van der Waals surface area (Å²) < 4.78 is 11.0. The molecule has 1 amide bonds. The maximum absolute atomic E-state index is 12.0. The second-order valence-electron chi connectivity index (χ2n) is 9.22. The first-order valence-corrected chi connectivity index (χ1v) is 11.4. The third-order valence-electron chi connectivity index (χ3n) is 5.24. The number of carbonyl (C=O) groups excluding carboxylic acids is 1. The maximum Gasteiger partial charge on any atom is 0.408 e. The summed E-state index contributed by atoms with van der Waals surface area (Å²) >= 11 is 0. The fourth-order valence-electron chi connectivity index (χ4n) is 3.51. The average Bonchev–Trinajstić information content (AvgIpc) is 3.34. The van der Waals surface area contributed by atoms with Gasteiger partial charge in [-0.2, -0.15) is 30.3 Å². The van der Waals surface area contributed by atoms with E-state index in [1.54, 1.807) is 45.0 Å². The number of nitrogens with zero attached hydrogens (tertiary/aromatic N) is 2. The number of carboxylic acid groups (broad SMARTS) is 1. The molecule has 9 heteroatoms. The molecule has 0 aliphatic heterocycles. The van der Waals surface area contributed by atoms with E-state index >= 15 is 0 Å². The van der Waals surface area contributed by atoms with E-state index in [1.807, 2.05) is 48.5 Å². The van der Waals surface area contributed by atoms with Gasteiger partial charge < -0.3 is 19.6 Å². The minimum atomic E-state index is -1.15. The molecule has 4 aromatic rings. The van der Waals surface area contributed by atoms with E-state index < -0.39 is 23.7 Å². The van der Waals surface area contributed by atoms with Crippen LogP contribution in [0.4, 0.5) is 4.79 Å². The summed E-state index contributed by atoms with van der Waals surface area (Å²) in [7, 11) is 0. The predicted molar refractivity (Wildman–Crippen MR) is 134 cm³/mol. The summed E-state index contributed by atoms with van der Waals surface area (Å²) in [4.78, 5) is 23.6. The van der Waals surface area contributed by atoms with E-state index in [0.717, 1.165) is 22.3 Å². The van der Waals surface area contributed by atoms with E-state index in [9.17, 15) is 14.7 Å². The number of nitrogens with one attached hydrogen (secondary N) is 1. The van der Waals surface area contributed by atoms with Crippen molar-refractivity contribution in [2.24, 2.45) is 0 Å². The van der Waals surface area contributed by atoms with Crippen LogP contribution in [0.3, 0.4) is 0 Å². The molecule has 1 heterocycles. The average molecular weight is 573 g/mol. The molecule has 2 N–H and O–H groups in total. The molecule has 0 spiro atoms. The SMILES string of the molecule is CC(C)(C)OC(=O)N[C@@H](Cc1ccc(-c2nnc(-c3ccc(-c4cc[c-]cc4)cc3)o2)cc1)C(=O)O.[Y]. The predicted octanol–water partition coefficient (Wildman–Crippen LogP) is 5.39. The Morgan fingerprint density at radius 1 is 0.892 bits per heavy atom. The first kappa shape index (κ1) is 28.2. The van der Waals surface area contributed by atoms with Gasteiger partial charge in [-0.3, -0.25) is 0 Å². The number of alkyl carbamates (subject to hydrolysis) is 1. The van der Waals surface area contributed by atoms with Crippen molar-refractivity contribution >= 4 is 12.1 Å². The van der Waals surface area contributed by atoms with Crippen LogP contribution in [0.25, 0.3) is 34.0 Å². The Balaban J connectivity index is 0.00000380. The van der Waals surface area contributed by atoms with Crippen LogP contribution < -0.4 is 5.32 Å². The minimum Gasteiger partial charge on any atom is -0.480 e. The molecule has 37 heavy (non-hydrogen) atoms. The van der Waals surface area contributed by atoms with Gasteiger partial charge in [0.05, 0.1) is 0 Å². The number of aromatic nitrogens is 2. The topological polar surface area (TPSA) is 115 Å². The summed E-state index contributed by atoms with van der Waals surface area (Å²) in [5, 5.41) is 20.2. The molecule has 0 saturated heterocycles. The standard InChI is InChI=1S/C28H26N3O5.Y/c1-28(2,3)36-27(34)29-23(26(32)33)17-18-9-11-21(12-10-18)24-30-31-25(35-24)22-15-13-20(14-16-22)19-7-5-4-6-8-19;/h5-16,23H,17H2,1-3H3,(H,29,34)(H,32,33);/q-1;/t23-;/m0./s1. The quantitative estimate of drug-likeness (QED) is 0.285. The molecule has 8 nitrogen and oxygen atoms in total. The van der Waals surface area contributed by atoms with E-state index in [2.05, 4.69) is 21.6 Å². The van der Waals surface area contributed by atoms with Crippen LogP contribution in [0.5, 0.6) is 0 Å². The third-order valence-corrected chi connectivity index (χ3v) is 5.24. The molecule has 0 unspecified atom stereocenters. The Hall–Kier alpha value is -3.36. The molecule has 0 aliphatic rings. The number of hydrogen-bond donors (Lipinski definition) is 2. The first-order valence-electron chi connectivity index (χ1n) is 11.4. The number of ether oxygens (including phenoxy) is 1. The maximum atomic E-state index is 12.0. The monoisotopic (exact) mass is 573 g/mol. The Morgan fingerprint density at radius 2 is 1.38 bits per heavy atom. The van der Waals surface area contributed by atoms with E-state index in [4.69, 9.17) is 9.15 Å². The number of carboxylic acids is 1. The van der Waals surface area contributed by atoms with Gasteiger partial charge >= 0.3 is 12.1 Å². The largest absolute Gasteiger partial charge is 0.480 e. The zero-order valence-electron chi connectivity index (χ0n) is 20.8. The Labute approximate surface area is 240 Å². The van der Waals surface area contributed by atoms with E-state index in [-0.39, 0.29) is 39.1 Å². The second kappa shape index (κ2) is 12.3. The zero-order valence-corrected chi connectivity index (χ0v) is 23.6. The van der Waals surface area contributed by atoms with Crippen LogP contribution >= 0.6 is 0 Å². The third kappa shape index (κ3) is 7.81. The van der Waals surface area contributed by atoms with Gasteiger partial charge in [0.25, 0.3) is 0 Å². The van der Waals surface area contributed by atoms with Gasteiger partial charge in [0.2, 0.25) is 11.8 Å². The van der Waals surface area contributed by atoms with Crippen molar-refractivity contribution in [2.45, 2.75) is 38.8 Å². The summed E-state index contributed by atoms with van der Waals surface area (Å²) in [5.41, 5.74) is 3.66. The van der Waals surface area contributed by atoms with Gasteiger partial charge in [-0.15, -0.1) is 15.8 Å². The molecule has 1 aromatic heterocycles. The smallest absolute Gasteiger partial charge is 0.408 e. The molecule has 0 fully saturated rings. The van der Waals surface area contributed by atoms with Crippen molar-refractivity contribution in [1.82, 2.24) is 15.5 Å². The number of aliphatic carboxylic acids is 1. The molecule has 0 saturated carbocycles. The number of benzene rings is 3. The van der Waals surface area contributed by atoms with Crippen molar-refractivity contribution < 1.29 is 56.6 Å². The normalized spacial score (nSPS) is 11.8. The first-order chi connectivity index (χ1) is 17.2. The number of rotatable bonds is 7. The van der Waals surface area contributed by atoms with Gasteiger partial charge in [-0.25, -0.2) is 9.59 Å². The van der Waals surface area contributed by atoms with Gasteiger partial charge in [-0.05, 0) is 56.2 Å². The summed E-state index contributed by atoms with van der Waals surface area (Å²) in [5.74, 6) is -0.404. The minimum absolute atomic E-state index is 0. The molecule has 187 valence electrons. The van der Waals surface area contributed by atoms with Gasteiger partial charge in [0.15, 0.2) is 0 Å². The van der Waals surface area contributed by atoms with Gasteiger partial charge in [0, 0.05) is 50.3 Å². The van der Waals surface area contributed by atoms with Crippen molar-refractivity contribution in [3.8, 4) is 34.0 Å². The van der Waals surface area contributed by atoms with Crippen LogP contribution in [-0.2, 0) is 48.7 Å². The number of carbonyl (C=O) groups is 2. The fourth-order valence-corrected chi connectivity index (χ4v) is 3.51. The van der Waals surface area contributed by atoms with Crippen molar-refractivity contribution in [1.29, 1.82) is 0 Å². The van der Waals surface area contributed by atoms with Crippen LogP contribution in [-0.4, -0.2) is 39.0 Å². The summed E-state index contributed by atoms with van der Waals surface area (Å²) in [6.07, 6.45) is -0.685. The van der Waals surface area contributed by atoms with Crippen molar-refractivity contribution in [3.63, 3.8) is 0 Å². The summed E-state index contributed by atoms with van der Waals surface area (Å²) in [6, 6.07) is 24.5. The zero-order chi connectivity index (χ0) is 25.7. The summed E-state index contributed by atoms with van der Waals surface area (Å²) in [6.45, 7) is 5.13. The Bertz CT molecular complexity index is 1330. The van der Waals surface area contributed by atoms with Crippen LogP contribution in [0.2, 0.25) is 0 Å². The fraction of sp³-hybridized carbons (Fsp3) is 0.214. The van der Waals surface area contributed by atoms with Crippen molar-refractivity contribution in [3.05, 3.63) is 84.4 Å². The molecule has 1 radical (unpaired) electrons. The molecule has 0 bridgehead atoms. The Kier molecular flexibility index (Phi) is 9.35.